The molecule has 0 heterocycles. The number of carbonyl (C=O) groups excluding carboxylic acids is 1. The summed E-state index contributed by atoms with van der Waals surface area (Å²) in [6.07, 6.45) is -1.18. The monoisotopic (exact) mass is 413 g/mol. The molecule has 1 aromatic carbocycles. The molecule has 0 aliphatic rings. The average Bonchev–Trinajstić information content (AvgIpc) is 2.12. The summed E-state index contributed by atoms with van der Waals surface area (Å²) in [7, 11) is -8.34. The molecule has 19 heavy (non-hydrogen) atoms. The molecule has 0 aliphatic heterocycles. The lowest BCUT2D eigenvalue weighted by Gasteiger charge is -2.43. The zero-order valence-corrected chi connectivity index (χ0v) is 12.9. The van der Waals surface area contributed by atoms with Crippen LogP contribution in [0.15, 0.2) is 23.1 Å². The molecule has 110 valence electrons. The van der Waals surface area contributed by atoms with Crippen LogP contribution in [0.3, 0.4) is 0 Å². The van der Waals surface area contributed by atoms with Crippen molar-refractivity contribution < 1.29 is 25.4 Å². The Balaban J connectivity index is 3.48. The van der Waals surface area contributed by atoms with Gasteiger partial charge in [0.05, 0.1) is 26.1 Å². The van der Waals surface area contributed by atoms with Crippen LogP contribution in [0.25, 0.3) is 0 Å². The predicted octanol–water partition coefficient (Wildman–Crippen LogP) is 4.76. The summed E-state index contributed by atoms with van der Waals surface area (Å²) in [6, 6.07) is 1.91. The topological polar surface area (TPSA) is 49.3 Å². The van der Waals surface area contributed by atoms with Crippen LogP contribution < -0.4 is 5.32 Å². The summed E-state index contributed by atoms with van der Waals surface area (Å²) in [4.78, 5) is 9.82. The maximum Gasteiger partial charge on any atom is 0.228 e. The van der Waals surface area contributed by atoms with Crippen LogP contribution in [0, 0.1) is 0 Å². The first-order chi connectivity index (χ1) is 8.20. The quantitative estimate of drug-likeness (QED) is 0.324. The van der Waals surface area contributed by atoms with E-state index in [0.29, 0.717) is 12.1 Å². The molecule has 0 fully saturated rings. The highest BCUT2D eigenvalue weighted by atomic mass is 127. The Bertz CT molecular complexity index is 530. The van der Waals surface area contributed by atoms with E-state index in [1.807, 2.05) is 0 Å². The maximum absolute atomic E-state index is 13.3. The fourth-order valence-corrected chi connectivity index (χ4v) is 2.90. The number of hydrogen-bond donors (Lipinski definition) is 2. The minimum absolute atomic E-state index is 0.0529. The lowest BCUT2D eigenvalue weighted by Crippen LogP contribution is -2.16. The van der Waals surface area contributed by atoms with E-state index in [4.69, 9.17) is 5.11 Å². The van der Waals surface area contributed by atoms with Crippen molar-refractivity contribution in [2.45, 2.75) is 25.0 Å². The highest BCUT2D eigenvalue weighted by Gasteiger charge is 2.62. The number of benzene rings is 1. The van der Waals surface area contributed by atoms with Crippen molar-refractivity contribution in [2.24, 2.45) is 0 Å². The van der Waals surface area contributed by atoms with Crippen LogP contribution in [-0.2, 0) is 0 Å². The SMILES string of the molecule is CC(=O)c1ccc(S(F)(F)(F)(F)I)cc1NC(C)O. The smallest absolute Gasteiger partial charge is 0.228 e. The van der Waals surface area contributed by atoms with Gasteiger partial charge in [0.1, 0.15) is 6.23 Å². The van der Waals surface area contributed by atoms with Gasteiger partial charge >= 0.3 is 0 Å². The maximum atomic E-state index is 13.3. The second-order valence-electron chi connectivity index (χ2n) is 4.05. The zero-order chi connectivity index (χ0) is 15.1. The molecule has 0 bridgehead atoms. The molecule has 0 aliphatic carbocycles. The van der Waals surface area contributed by atoms with Gasteiger partial charge in [0.25, 0.3) is 0 Å². The fourth-order valence-electron chi connectivity index (χ4n) is 1.41. The molecule has 0 radical (unpaired) electrons. The van der Waals surface area contributed by atoms with Gasteiger partial charge in [0.15, 0.2) is 5.78 Å². The third-order valence-corrected chi connectivity index (χ3v) is 4.85. The molecule has 2 N–H and O–H groups in total. The van der Waals surface area contributed by atoms with Crippen LogP contribution in [-0.4, -0.2) is 17.1 Å². The number of anilines is 1. The van der Waals surface area contributed by atoms with Gasteiger partial charge < -0.3 is 10.4 Å². The number of Topliss-reactive ketones (excluding diaryl/α,β-unsaturated/α-hetero) is 1. The molecular formula is C10H12F4INO2S. The van der Waals surface area contributed by atoms with Crippen LogP contribution in [0.5, 0.6) is 0 Å². The van der Waals surface area contributed by atoms with Gasteiger partial charge in [-0.15, -0.1) is 15.5 Å². The summed E-state index contributed by atoms with van der Waals surface area (Å²) < 4.78 is 53.1. The first-order valence-electron chi connectivity index (χ1n) is 5.04. The van der Waals surface area contributed by atoms with E-state index in [1.54, 1.807) is 0 Å². The Morgan fingerprint density at radius 1 is 1.37 bits per heavy atom. The Morgan fingerprint density at radius 3 is 2.26 bits per heavy atom. The predicted molar refractivity (Wildman–Crippen MR) is 76.1 cm³/mol. The van der Waals surface area contributed by atoms with Gasteiger partial charge in [-0.3, -0.25) is 4.79 Å². The van der Waals surface area contributed by atoms with E-state index in [9.17, 15) is 20.3 Å². The molecule has 1 unspecified atom stereocenters. The molecule has 0 aromatic heterocycles. The number of rotatable bonds is 4. The molecule has 0 spiro atoms. The zero-order valence-electron chi connectivity index (χ0n) is 9.96. The van der Waals surface area contributed by atoms with Gasteiger partial charge in [-0.1, -0.05) is 0 Å². The third kappa shape index (κ3) is 4.49. The number of aliphatic hydroxyl groups excluding tert-OH is 1. The molecule has 0 amide bonds. The third-order valence-electron chi connectivity index (χ3n) is 2.18. The van der Waals surface area contributed by atoms with E-state index in [1.165, 1.54) is 6.92 Å². The number of nitrogens with one attached hydrogen (secondary N) is 1. The fraction of sp³-hybridized carbons (Fsp3) is 0.300. The summed E-state index contributed by atoms with van der Waals surface area (Å²) in [5, 5.41) is 11.4. The van der Waals surface area contributed by atoms with Crippen LogP contribution in [0.2, 0.25) is 0 Å². The minimum atomic E-state index is -8.34. The Labute approximate surface area is 119 Å². The van der Waals surface area contributed by atoms with Gasteiger partial charge in [-0.25, -0.2) is 0 Å². The molecule has 1 rings (SSSR count). The Morgan fingerprint density at radius 2 is 1.89 bits per heavy atom. The Kier molecular flexibility index (Phi) is 3.67. The van der Waals surface area contributed by atoms with Crippen LogP contribution in [0.4, 0.5) is 21.2 Å². The molecule has 1 aromatic rings. The first-order valence-corrected chi connectivity index (χ1v) is 9.64. The lowest BCUT2D eigenvalue weighted by atomic mass is 10.1. The van der Waals surface area contributed by atoms with Crippen molar-refractivity contribution in [1.29, 1.82) is 0 Å². The van der Waals surface area contributed by atoms with Crippen LogP contribution >= 0.6 is 28.2 Å². The van der Waals surface area contributed by atoms with E-state index < -0.39 is 23.9 Å². The molecule has 0 saturated heterocycles. The van der Waals surface area contributed by atoms with Crippen molar-refractivity contribution in [3.8, 4) is 0 Å². The van der Waals surface area contributed by atoms with E-state index in [-0.39, 0.29) is 32.5 Å². The van der Waals surface area contributed by atoms with Crippen molar-refractivity contribution in [3.05, 3.63) is 23.8 Å². The van der Waals surface area contributed by atoms with Crippen molar-refractivity contribution in [3.63, 3.8) is 0 Å². The van der Waals surface area contributed by atoms with Crippen molar-refractivity contribution >= 4 is 39.7 Å². The standard InChI is InChI=1S/C10H12F4INO2S/c1-6(17)9-4-3-8(19(11,12,13,14)15)5-10(9)16-7(2)18/h3-5,7,16,18H,1-2H3. The van der Waals surface area contributed by atoms with Crippen LogP contribution in [0.1, 0.15) is 24.2 Å². The summed E-state index contributed by atoms with van der Waals surface area (Å²) in [5.41, 5.74) is -0.310. The number of ketones is 1. The second kappa shape index (κ2) is 4.22. The number of hydrogen-bond acceptors (Lipinski definition) is 3. The minimum Gasteiger partial charge on any atom is -0.374 e. The Hall–Kier alpha value is -0.550. The second-order valence-corrected chi connectivity index (χ2v) is 11.8. The van der Waals surface area contributed by atoms with E-state index >= 15 is 0 Å². The molecule has 0 saturated carbocycles. The largest absolute Gasteiger partial charge is 0.374 e. The van der Waals surface area contributed by atoms with Crippen molar-refractivity contribution in [1.82, 2.24) is 0 Å². The molecular weight excluding hydrogens is 401 g/mol. The van der Waals surface area contributed by atoms with Gasteiger partial charge in [0.2, 0.25) is 7.01 Å². The van der Waals surface area contributed by atoms with Gasteiger partial charge in [0, 0.05) is 11.3 Å². The summed E-state index contributed by atoms with van der Waals surface area (Å²) in [5.74, 6) is -0.494. The van der Waals surface area contributed by atoms with Crippen molar-refractivity contribution in [2.75, 3.05) is 5.32 Å². The molecule has 9 heteroatoms. The van der Waals surface area contributed by atoms with E-state index in [0.717, 1.165) is 13.0 Å². The number of carbonyl (C=O) groups is 1. The summed E-state index contributed by atoms with van der Waals surface area (Å²) in [6.45, 7) is 2.43. The highest BCUT2D eigenvalue weighted by Crippen LogP contribution is 3.06. The van der Waals surface area contributed by atoms with Gasteiger partial charge in [-0.2, -0.15) is 0 Å². The molecule has 1 atom stereocenters. The first kappa shape index (κ1) is 16.5. The highest BCUT2D eigenvalue weighted by molar-refractivity contribution is 14.2. The van der Waals surface area contributed by atoms with Gasteiger partial charge in [-0.05, 0) is 32.0 Å². The number of halogens is 5. The lowest BCUT2D eigenvalue weighted by molar-refractivity contribution is 0.101. The summed E-state index contributed by atoms with van der Waals surface area (Å²) >= 11 is -0.134. The number of aliphatic hydroxyl groups is 1. The van der Waals surface area contributed by atoms with E-state index in [2.05, 4.69) is 5.32 Å². The average molecular weight is 413 g/mol. The molecule has 3 nitrogen and oxygen atoms in total. The normalized spacial score (nSPS) is 17.3.